The van der Waals surface area contributed by atoms with Gasteiger partial charge in [0, 0.05) is 36.6 Å². The van der Waals surface area contributed by atoms with E-state index in [2.05, 4.69) is 9.29 Å². The molecule has 0 spiro atoms. The van der Waals surface area contributed by atoms with Gasteiger partial charge in [0.1, 0.15) is 5.75 Å². The summed E-state index contributed by atoms with van der Waals surface area (Å²) in [6, 6.07) is 13.1. The van der Waals surface area contributed by atoms with Crippen LogP contribution in [-0.2, 0) is 21.5 Å². The zero-order valence-corrected chi connectivity index (χ0v) is 24.1. The van der Waals surface area contributed by atoms with Crippen LogP contribution in [0.1, 0.15) is 73.7 Å². The second kappa shape index (κ2) is 10.9. The number of hydrogen-bond acceptors (Lipinski definition) is 5. The molecule has 0 bridgehead atoms. The van der Waals surface area contributed by atoms with Gasteiger partial charge in [0.15, 0.2) is 0 Å². The lowest BCUT2D eigenvalue weighted by Crippen LogP contribution is -2.41. The number of hydrogen-bond donors (Lipinski definition) is 2. The minimum atomic E-state index is -3.98. The Morgan fingerprint density at radius 3 is 2.35 bits per heavy atom. The molecular formula is C30H37N3O6S. The highest BCUT2D eigenvalue weighted by Crippen LogP contribution is 2.51. The summed E-state index contributed by atoms with van der Waals surface area (Å²) in [6.07, 6.45) is 6.70. The molecule has 0 radical (unpaired) electrons. The van der Waals surface area contributed by atoms with Gasteiger partial charge in [-0.2, -0.15) is 12.7 Å². The molecule has 1 amide bonds. The average Bonchev–Trinajstić information content (AvgIpc) is 3.69. The maximum Gasteiger partial charge on any atom is 0.311 e. The summed E-state index contributed by atoms with van der Waals surface area (Å²) in [7, 11) is -0.959. The van der Waals surface area contributed by atoms with Crippen LogP contribution in [0.2, 0.25) is 0 Å². The van der Waals surface area contributed by atoms with Crippen molar-refractivity contribution in [1.29, 1.82) is 0 Å². The topological polar surface area (TPSA) is 118 Å². The van der Waals surface area contributed by atoms with Crippen molar-refractivity contribution in [2.45, 2.75) is 64.3 Å². The van der Waals surface area contributed by atoms with E-state index in [-0.39, 0.29) is 18.7 Å². The molecule has 2 N–H and O–H groups in total. The van der Waals surface area contributed by atoms with Crippen LogP contribution >= 0.6 is 0 Å². The van der Waals surface area contributed by atoms with Gasteiger partial charge in [-0.1, -0.05) is 32.3 Å². The third kappa shape index (κ3) is 5.22. The van der Waals surface area contributed by atoms with E-state index in [1.165, 1.54) is 19.0 Å². The number of carbonyl (C=O) groups is 2. The SMILES string of the molecule is CCN(C)S(=O)(=O)NC(=O)c1ccc2c(C3CCCCC3)c(-c3ccc(OC)cc3)n(CC3(C(=O)O)CC3)c2c1. The lowest BCUT2D eigenvalue weighted by atomic mass is 9.81. The quantitative estimate of drug-likeness (QED) is 0.350. The van der Waals surface area contributed by atoms with Crippen LogP contribution < -0.4 is 9.46 Å². The lowest BCUT2D eigenvalue weighted by molar-refractivity contribution is -0.143. The maximum atomic E-state index is 13.1. The van der Waals surface area contributed by atoms with Crippen LogP contribution in [0.15, 0.2) is 42.5 Å². The normalized spacial score (nSPS) is 17.2. The molecule has 0 unspecified atom stereocenters. The fourth-order valence-corrected chi connectivity index (χ4v) is 6.71. The van der Waals surface area contributed by atoms with Gasteiger partial charge < -0.3 is 14.4 Å². The van der Waals surface area contributed by atoms with Gasteiger partial charge >= 0.3 is 16.2 Å². The third-order valence-corrected chi connectivity index (χ3v) is 10.1. The van der Waals surface area contributed by atoms with E-state index in [1.54, 1.807) is 26.2 Å². The number of aromatic nitrogens is 1. The molecule has 214 valence electrons. The Bertz CT molecular complexity index is 1530. The van der Waals surface area contributed by atoms with Gasteiger partial charge in [0.05, 0.1) is 18.2 Å². The first kappa shape index (κ1) is 28.2. The summed E-state index contributed by atoms with van der Waals surface area (Å²) < 4.78 is 35.8. The highest BCUT2D eigenvalue weighted by molar-refractivity contribution is 7.87. The van der Waals surface area contributed by atoms with Gasteiger partial charge in [-0.05, 0) is 79.1 Å². The van der Waals surface area contributed by atoms with E-state index in [1.807, 2.05) is 30.3 Å². The minimum Gasteiger partial charge on any atom is -0.497 e. The van der Waals surface area contributed by atoms with Gasteiger partial charge in [-0.25, -0.2) is 4.72 Å². The van der Waals surface area contributed by atoms with Crippen molar-refractivity contribution >= 4 is 33.0 Å². The molecule has 9 nitrogen and oxygen atoms in total. The minimum absolute atomic E-state index is 0.205. The van der Waals surface area contributed by atoms with Crippen LogP contribution in [0.3, 0.4) is 0 Å². The molecule has 5 rings (SSSR count). The molecule has 1 heterocycles. The largest absolute Gasteiger partial charge is 0.497 e. The first-order chi connectivity index (χ1) is 19.1. The Kier molecular flexibility index (Phi) is 7.67. The highest BCUT2D eigenvalue weighted by Gasteiger charge is 2.51. The summed E-state index contributed by atoms with van der Waals surface area (Å²) in [5.41, 5.74) is 3.18. The Labute approximate surface area is 235 Å². The molecule has 1 aromatic heterocycles. The number of methoxy groups -OCH3 is 1. The number of carboxylic acid groups (broad SMARTS) is 1. The second-order valence-corrected chi connectivity index (χ2v) is 12.9. The van der Waals surface area contributed by atoms with Crippen molar-refractivity contribution in [3.8, 4) is 17.0 Å². The molecule has 40 heavy (non-hydrogen) atoms. The molecule has 3 aromatic rings. The van der Waals surface area contributed by atoms with E-state index < -0.39 is 27.5 Å². The smallest absolute Gasteiger partial charge is 0.311 e. The Hall–Kier alpha value is -3.37. The van der Waals surface area contributed by atoms with Crippen molar-refractivity contribution in [3.05, 3.63) is 53.6 Å². The van der Waals surface area contributed by atoms with Gasteiger partial charge in [0.25, 0.3) is 5.91 Å². The fraction of sp³-hybridized carbons (Fsp3) is 0.467. The summed E-state index contributed by atoms with van der Waals surface area (Å²) in [5.74, 6) is -0.517. The predicted molar refractivity (Wildman–Crippen MR) is 154 cm³/mol. The van der Waals surface area contributed by atoms with E-state index in [9.17, 15) is 23.1 Å². The van der Waals surface area contributed by atoms with Gasteiger partial charge in [0.2, 0.25) is 0 Å². The third-order valence-electron chi connectivity index (χ3n) is 8.59. The molecular weight excluding hydrogens is 530 g/mol. The van der Waals surface area contributed by atoms with Crippen LogP contribution in [0, 0.1) is 5.41 Å². The first-order valence-corrected chi connectivity index (χ1v) is 15.4. The number of carboxylic acids is 1. The van der Waals surface area contributed by atoms with Gasteiger partial charge in [-0.15, -0.1) is 0 Å². The van der Waals surface area contributed by atoms with E-state index in [0.717, 1.165) is 57.9 Å². The van der Waals surface area contributed by atoms with Crippen LogP contribution in [-0.4, -0.2) is 55.0 Å². The van der Waals surface area contributed by atoms with Crippen molar-refractivity contribution in [3.63, 3.8) is 0 Å². The van der Waals surface area contributed by atoms with Crippen molar-refractivity contribution < 1.29 is 27.9 Å². The molecule has 2 aliphatic rings. The first-order valence-electron chi connectivity index (χ1n) is 13.9. The Morgan fingerprint density at radius 1 is 1.10 bits per heavy atom. The number of nitrogens with zero attached hydrogens (tertiary/aromatic N) is 2. The summed E-state index contributed by atoms with van der Waals surface area (Å²) in [4.78, 5) is 25.5. The van der Waals surface area contributed by atoms with Crippen LogP contribution in [0.5, 0.6) is 5.75 Å². The number of rotatable bonds is 10. The zero-order chi connectivity index (χ0) is 28.7. The molecule has 0 atom stereocenters. The average molecular weight is 568 g/mol. The van der Waals surface area contributed by atoms with Crippen LogP contribution in [0.25, 0.3) is 22.2 Å². The zero-order valence-electron chi connectivity index (χ0n) is 23.3. The number of carbonyl (C=O) groups excluding carboxylic acids is 1. The summed E-state index contributed by atoms with van der Waals surface area (Å²) in [6.45, 7) is 2.18. The molecule has 2 saturated carbocycles. The lowest BCUT2D eigenvalue weighted by Gasteiger charge is -2.24. The Morgan fingerprint density at radius 2 is 1.77 bits per heavy atom. The fourth-order valence-electron chi connectivity index (χ4n) is 5.86. The highest BCUT2D eigenvalue weighted by atomic mass is 32.2. The van der Waals surface area contributed by atoms with Crippen molar-refractivity contribution in [2.24, 2.45) is 5.41 Å². The number of benzene rings is 2. The number of amides is 1. The molecule has 2 aliphatic carbocycles. The monoisotopic (exact) mass is 567 g/mol. The molecule has 2 fully saturated rings. The van der Waals surface area contributed by atoms with Crippen LogP contribution in [0.4, 0.5) is 0 Å². The van der Waals surface area contributed by atoms with Gasteiger partial charge in [-0.3, -0.25) is 9.59 Å². The standard InChI is InChI=1S/C30H37N3O6S/c1-4-32(2)40(37,38)31-28(34)22-12-15-24-25(18-22)33(19-30(16-17-30)29(35)36)27(21-10-13-23(39-3)14-11-21)26(24)20-8-6-5-7-9-20/h10-15,18,20H,4-9,16-17,19H2,1-3H3,(H,31,34)(H,35,36). The molecule has 0 saturated heterocycles. The summed E-state index contributed by atoms with van der Waals surface area (Å²) in [5, 5.41) is 11.1. The van der Waals surface area contributed by atoms with E-state index in [0.29, 0.717) is 18.8 Å². The maximum absolute atomic E-state index is 13.1. The predicted octanol–water partition coefficient (Wildman–Crippen LogP) is 5.16. The van der Waals surface area contributed by atoms with Crippen molar-refractivity contribution in [2.75, 3.05) is 20.7 Å². The van der Waals surface area contributed by atoms with E-state index in [4.69, 9.17) is 4.74 Å². The number of aliphatic carboxylic acids is 1. The molecule has 2 aromatic carbocycles. The number of ether oxygens (including phenoxy) is 1. The summed E-state index contributed by atoms with van der Waals surface area (Å²) >= 11 is 0. The van der Waals surface area contributed by atoms with E-state index >= 15 is 0 Å². The Balaban J connectivity index is 1.71. The number of fused-ring (bicyclic) bond motifs is 1. The second-order valence-electron chi connectivity index (χ2n) is 11.1. The molecule has 0 aliphatic heterocycles. The van der Waals surface area contributed by atoms with Crippen molar-refractivity contribution in [1.82, 2.24) is 13.6 Å². The molecule has 10 heteroatoms. The number of nitrogens with one attached hydrogen (secondary N) is 1.